The zero-order valence-corrected chi connectivity index (χ0v) is 4.96. The highest BCUT2D eigenvalue weighted by Gasteiger charge is 2.03. The fraction of sp³-hybridized carbons (Fsp3) is 0.500. The molecule has 0 fully saturated rings. The van der Waals surface area contributed by atoms with E-state index in [-0.39, 0.29) is 4.47 Å². The van der Waals surface area contributed by atoms with E-state index in [0.29, 0.717) is 0 Å². The van der Waals surface area contributed by atoms with Crippen molar-refractivity contribution in [1.82, 2.24) is 4.47 Å². The Morgan fingerprint density at radius 1 is 1.62 bits per heavy atom. The number of carbonyl (C=O) groups excluding carboxylic acids is 1. The van der Waals surface area contributed by atoms with Gasteiger partial charge in [-0.25, -0.2) is 8.42 Å². The second kappa shape index (κ2) is 2.63. The summed E-state index contributed by atoms with van der Waals surface area (Å²) in [7, 11) is -3.16. The van der Waals surface area contributed by atoms with Gasteiger partial charge in [0, 0.05) is 6.92 Å². The highest BCUT2D eigenvalue weighted by atomic mass is 32.2. The normalized spacial score (nSPS) is 9.38. The summed E-state index contributed by atoms with van der Waals surface area (Å²) < 4.78 is 18.9. The van der Waals surface area contributed by atoms with Crippen LogP contribution in [0.15, 0.2) is 0 Å². The van der Waals surface area contributed by atoms with Gasteiger partial charge in [-0.15, -0.1) is 4.47 Å². The fourth-order valence-corrected chi connectivity index (χ4v) is 0.345. The van der Waals surface area contributed by atoms with Gasteiger partial charge in [0.05, 0.1) is 0 Å². The summed E-state index contributed by atoms with van der Waals surface area (Å²) in [5.41, 5.74) is 0. The Bertz CT molecular complexity index is 153. The van der Waals surface area contributed by atoms with Crippen molar-refractivity contribution in [3.63, 3.8) is 0 Å². The summed E-state index contributed by atoms with van der Waals surface area (Å²) >= 11 is 0. The van der Waals surface area contributed by atoms with E-state index in [2.05, 4.69) is 0 Å². The second-order valence-corrected chi connectivity index (χ2v) is 1.90. The van der Waals surface area contributed by atoms with Gasteiger partial charge in [0.15, 0.2) is 0 Å². The number of hydrogen-bond donors (Lipinski definition) is 2. The molecule has 0 aromatic heterocycles. The monoisotopic (exact) mass is 139 g/mol. The predicted octanol–water partition coefficient (Wildman–Crippen LogP) is -1.25. The van der Waals surface area contributed by atoms with Gasteiger partial charge >= 0.3 is 0 Å². The van der Waals surface area contributed by atoms with Crippen LogP contribution < -0.4 is 0 Å². The molecule has 0 aliphatic carbocycles. The molecule has 48 valence electrons. The van der Waals surface area contributed by atoms with Crippen LogP contribution in [-0.4, -0.2) is 24.0 Å². The van der Waals surface area contributed by atoms with Crippen molar-refractivity contribution >= 4 is 16.8 Å². The maximum Gasteiger partial charge on any atom is 0.257 e. The molecule has 0 atom stereocenters. The number of rotatable bonds is 1. The first-order valence-electron chi connectivity index (χ1n) is 1.69. The zero-order valence-electron chi connectivity index (χ0n) is 4.07. The van der Waals surface area contributed by atoms with E-state index in [1.165, 1.54) is 0 Å². The molecule has 0 spiro atoms. The number of amides is 1. The van der Waals surface area contributed by atoms with Gasteiger partial charge in [-0.3, -0.25) is 10.0 Å². The Kier molecular flexibility index (Phi) is 2.43. The minimum absolute atomic E-state index is 0.352. The molecular formula is C2H5NO4S. The zero-order chi connectivity index (χ0) is 6.73. The van der Waals surface area contributed by atoms with Crippen LogP contribution in [0.3, 0.4) is 0 Å². The molecule has 0 aliphatic heterocycles. The largest absolute Gasteiger partial charge is 0.272 e. The third-order valence-electron chi connectivity index (χ3n) is 0.436. The summed E-state index contributed by atoms with van der Waals surface area (Å²) in [6.07, 6.45) is 0. The Balaban J connectivity index is 4.04. The van der Waals surface area contributed by atoms with Crippen molar-refractivity contribution in [2.45, 2.75) is 6.92 Å². The predicted molar refractivity (Wildman–Crippen MR) is 24.6 cm³/mol. The van der Waals surface area contributed by atoms with Gasteiger partial charge in [-0.05, 0) is 0 Å². The molecule has 0 heterocycles. The maximum atomic E-state index is 9.88. The number of hydroxylamine groups is 1. The average Bonchev–Trinajstić information content (AvgIpc) is 1.64. The van der Waals surface area contributed by atoms with Crippen LogP contribution in [0, 0.1) is 0 Å². The van der Waals surface area contributed by atoms with Crippen molar-refractivity contribution in [3.8, 4) is 0 Å². The molecule has 0 bridgehead atoms. The Labute approximate surface area is 47.6 Å². The third kappa shape index (κ3) is 1.90. The molecule has 0 radical (unpaired) electrons. The standard InChI is InChI=1S/C2H5NO4S/c1-2(4)3(5)8(6)7/h5,8H,1H3. The molecule has 0 aliphatic rings. The molecule has 1 N–H and O–H groups in total. The number of nitrogens with zero attached hydrogens (tertiary/aromatic N) is 1. The molecule has 5 nitrogen and oxygen atoms in total. The first-order chi connectivity index (χ1) is 3.55. The smallest absolute Gasteiger partial charge is 0.257 e. The summed E-state index contributed by atoms with van der Waals surface area (Å²) in [5.74, 6) is -0.916. The van der Waals surface area contributed by atoms with Crippen molar-refractivity contribution in [2.24, 2.45) is 0 Å². The van der Waals surface area contributed by atoms with Crippen LogP contribution in [0.5, 0.6) is 0 Å². The van der Waals surface area contributed by atoms with E-state index >= 15 is 0 Å². The van der Waals surface area contributed by atoms with Crippen LogP contribution in [-0.2, 0) is 15.7 Å². The van der Waals surface area contributed by atoms with Gasteiger partial charge in [-0.1, -0.05) is 0 Å². The van der Waals surface area contributed by atoms with E-state index < -0.39 is 16.8 Å². The molecule has 6 heteroatoms. The maximum absolute atomic E-state index is 9.88. The number of hydrogen-bond acceptors (Lipinski definition) is 4. The first kappa shape index (κ1) is 7.38. The minimum atomic E-state index is -3.16. The number of carbonyl (C=O) groups is 1. The molecule has 8 heavy (non-hydrogen) atoms. The second-order valence-electron chi connectivity index (χ2n) is 1.05. The summed E-state index contributed by atoms with van der Waals surface area (Å²) in [6.45, 7) is 0.936. The molecule has 0 aromatic rings. The lowest BCUT2D eigenvalue weighted by Gasteiger charge is -1.98. The Morgan fingerprint density at radius 3 is 2.00 bits per heavy atom. The SMILES string of the molecule is CC(=O)N(O)[SH](=O)=O. The quantitative estimate of drug-likeness (QED) is 0.270. The van der Waals surface area contributed by atoms with Gasteiger partial charge < -0.3 is 0 Å². The lowest BCUT2D eigenvalue weighted by molar-refractivity contribution is -0.142. The van der Waals surface area contributed by atoms with Crippen LogP contribution >= 0.6 is 0 Å². The topological polar surface area (TPSA) is 74.7 Å². The van der Waals surface area contributed by atoms with E-state index in [4.69, 9.17) is 5.21 Å². The summed E-state index contributed by atoms with van der Waals surface area (Å²) in [4.78, 5) is 9.88. The van der Waals surface area contributed by atoms with Crippen LogP contribution in [0.4, 0.5) is 0 Å². The van der Waals surface area contributed by atoms with E-state index in [9.17, 15) is 13.2 Å². The molecule has 0 saturated carbocycles. The van der Waals surface area contributed by atoms with E-state index in [1.54, 1.807) is 0 Å². The van der Waals surface area contributed by atoms with Crippen molar-refractivity contribution in [3.05, 3.63) is 0 Å². The average molecular weight is 139 g/mol. The van der Waals surface area contributed by atoms with Gasteiger partial charge in [0.1, 0.15) is 0 Å². The Hall–Kier alpha value is -0.620. The molecule has 1 amide bonds. The van der Waals surface area contributed by atoms with Crippen LogP contribution in [0.1, 0.15) is 6.92 Å². The molecular weight excluding hydrogens is 134 g/mol. The lowest BCUT2D eigenvalue weighted by Crippen LogP contribution is -2.22. The van der Waals surface area contributed by atoms with E-state index in [0.717, 1.165) is 6.92 Å². The molecule has 0 saturated heterocycles. The van der Waals surface area contributed by atoms with E-state index in [1.807, 2.05) is 0 Å². The fourth-order valence-electron chi connectivity index (χ4n) is 0.115. The van der Waals surface area contributed by atoms with Gasteiger partial charge in [0.2, 0.25) is 10.9 Å². The first-order valence-corrected chi connectivity index (χ1v) is 2.82. The highest BCUT2D eigenvalue weighted by molar-refractivity contribution is 7.70. The highest BCUT2D eigenvalue weighted by Crippen LogP contribution is 1.78. The number of thiol groups is 1. The molecule has 0 unspecified atom stereocenters. The molecule has 0 rings (SSSR count). The van der Waals surface area contributed by atoms with Crippen molar-refractivity contribution < 1.29 is 18.4 Å². The Morgan fingerprint density at radius 2 is 2.00 bits per heavy atom. The third-order valence-corrected chi connectivity index (χ3v) is 1.03. The van der Waals surface area contributed by atoms with Crippen molar-refractivity contribution in [2.75, 3.05) is 0 Å². The summed E-state index contributed by atoms with van der Waals surface area (Å²) in [5, 5.41) is 8.09. The van der Waals surface area contributed by atoms with Gasteiger partial charge in [0.25, 0.3) is 5.91 Å². The minimum Gasteiger partial charge on any atom is -0.272 e. The molecule has 0 aromatic carbocycles. The summed E-state index contributed by atoms with van der Waals surface area (Å²) in [6, 6.07) is 0. The van der Waals surface area contributed by atoms with Crippen LogP contribution in [0.25, 0.3) is 0 Å². The van der Waals surface area contributed by atoms with Gasteiger partial charge in [-0.2, -0.15) is 0 Å². The van der Waals surface area contributed by atoms with Crippen molar-refractivity contribution in [1.29, 1.82) is 0 Å². The van der Waals surface area contributed by atoms with Crippen LogP contribution in [0.2, 0.25) is 0 Å². The lowest BCUT2D eigenvalue weighted by atomic mass is 10.8.